The zero-order valence-electron chi connectivity index (χ0n) is 29.6. The van der Waals surface area contributed by atoms with E-state index in [2.05, 4.69) is 27.9 Å². The molecule has 0 rings (SSSR count). The molecule has 0 aliphatic carbocycles. The van der Waals surface area contributed by atoms with Gasteiger partial charge in [-0.3, -0.25) is 4.79 Å². The van der Waals surface area contributed by atoms with E-state index in [9.17, 15) is 14.7 Å². The summed E-state index contributed by atoms with van der Waals surface area (Å²) < 4.78 is 6.71. The minimum atomic E-state index is -0.989. The van der Waals surface area contributed by atoms with E-state index in [-0.39, 0.29) is 18.5 Å². The number of quaternary nitrogens is 1. The number of nitrogens with zero attached hydrogens (tertiary/aromatic N) is 1. The molecule has 0 N–H and O–H groups in total. The van der Waals surface area contributed by atoms with Crippen molar-refractivity contribution in [1.29, 1.82) is 0 Å². The van der Waals surface area contributed by atoms with Crippen LogP contribution in [0.25, 0.3) is 0 Å². The van der Waals surface area contributed by atoms with Crippen LogP contribution in [-0.4, -0.2) is 49.7 Å². The number of hydrogen-bond acceptors (Lipinski definition) is 4. The van der Waals surface area contributed by atoms with E-state index in [4.69, 9.17) is 4.74 Å². The standard InChI is InChI=1S/C38H75NO4/c1-5-7-9-11-13-15-17-19-21-23-25-27-29-33-38(42)43-36(35-39(3,4)34-30-32-37(40)41)31-28-26-24-22-20-18-16-14-12-10-8-6-2/h36H,5-35H2,1-4H3. The van der Waals surface area contributed by atoms with E-state index in [1.54, 1.807) is 0 Å². The van der Waals surface area contributed by atoms with E-state index in [1.165, 1.54) is 141 Å². The molecule has 0 aromatic carbocycles. The molecule has 0 aliphatic heterocycles. The summed E-state index contributed by atoms with van der Waals surface area (Å²) in [6.07, 6.45) is 34.7. The highest BCUT2D eigenvalue weighted by Gasteiger charge is 2.24. The number of carboxylic acids is 1. The molecular weight excluding hydrogens is 534 g/mol. The maximum atomic E-state index is 12.7. The smallest absolute Gasteiger partial charge is 0.306 e. The van der Waals surface area contributed by atoms with Gasteiger partial charge in [0, 0.05) is 18.8 Å². The molecule has 0 radical (unpaired) electrons. The topological polar surface area (TPSA) is 66.4 Å². The van der Waals surface area contributed by atoms with Gasteiger partial charge in [0.25, 0.3) is 0 Å². The number of carboxylic acid groups (broad SMARTS) is 1. The molecule has 5 heteroatoms. The molecule has 1 unspecified atom stereocenters. The molecule has 0 fully saturated rings. The third-order valence-electron chi connectivity index (χ3n) is 9.00. The van der Waals surface area contributed by atoms with Crippen molar-refractivity contribution in [2.75, 3.05) is 27.2 Å². The van der Waals surface area contributed by atoms with Crippen LogP contribution in [0.1, 0.15) is 200 Å². The molecule has 0 spiro atoms. The van der Waals surface area contributed by atoms with Crippen LogP contribution in [0, 0.1) is 0 Å². The summed E-state index contributed by atoms with van der Waals surface area (Å²) in [5.41, 5.74) is 0. The first kappa shape index (κ1) is 41.9. The molecular formula is C38H75NO4. The summed E-state index contributed by atoms with van der Waals surface area (Å²) >= 11 is 0. The number of likely N-dealkylation sites (N-methyl/N-ethyl adjacent to an activating group) is 1. The number of rotatable bonds is 34. The van der Waals surface area contributed by atoms with Crippen molar-refractivity contribution >= 4 is 11.9 Å². The minimum Gasteiger partial charge on any atom is -0.550 e. The van der Waals surface area contributed by atoms with Crippen molar-refractivity contribution in [3.63, 3.8) is 0 Å². The van der Waals surface area contributed by atoms with Crippen molar-refractivity contribution < 1.29 is 23.9 Å². The lowest BCUT2D eigenvalue weighted by Crippen LogP contribution is -2.47. The summed E-state index contributed by atoms with van der Waals surface area (Å²) in [5, 5.41) is 10.9. The average molecular weight is 610 g/mol. The van der Waals surface area contributed by atoms with Gasteiger partial charge < -0.3 is 19.1 Å². The highest BCUT2D eigenvalue weighted by Crippen LogP contribution is 2.18. The summed E-state index contributed by atoms with van der Waals surface area (Å²) in [6.45, 7) is 6.04. The first-order chi connectivity index (χ1) is 20.8. The zero-order valence-corrected chi connectivity index (χ0v) is 29.6. The van der Waals surface area contributed by atoms with Gasteiger partial charge in [0.2, 0.25) is 0 Å². The quantitative estimate of drug-likeness (QED) is 0.0414. The monoisotopic (exact) mass is 610 g/mol. The Labute approximate surface area is 268 Å². The second-order valence-corrected chi connectivity index (χ2v) is 14.1. The molecule has 0 aromatic rings. The molecule has 0 heterocycles. The Kier molecular flexibility index (Phi) is 30.1. The summed E-state index contributed by atoms with van der Waals surface area (Å²) in [4.78, 5) is 23.6. The molecule has 0 aromatic heterocycles. The fourth-order valence-electron chi connectivity index (χ4n) is 6.23. The van der Waals surface area contributed by atoms with Gasteiger partial charge in [0.1, 0.15) is 6.54 Å². The van der Waals surface area contributed by atoms with Crippen LogP contribution in [-0.2, 0) is 14.3 Å². The molecule has 0 aliphatic rings. The van der Waals surface area contributed by atoms with Crippen LogP contribution in [0.15, 0.2) is 0 Å². The van der Waals surface area contributed by atoms with E-state index in [0.717, 1.165) is 38.8 Å². The molecule has 0 saturated carbocycles. The third-order valence-corrected chi connectivity index (χ3v) is 9.00. The van der Waals surface area contributed by atoms with Crippen molar-refractivity contribution in [3.8, 4) is 0 Å². The SMILES string of the molecule is CCCCCCCCCCCCCCCC(=O)OC(CCCCCCCCCCCCCC)C[N+](C)(C)CCCC(=O)[O-]. The van der Waals surface area contributed by atoms with Crippen LogP contribution in [0.2, 0.25) is 0 Å². The largest absolute Gasteiger partial charge is 0.550 e. The highest BCUT2D eigenvalue weighted by atomic mass is 16.5. The van der Waals surface area contributed by atoms with Crippen molar-refractivity contribution in [1.82, 2.24) is 0 Å². The number of aliphatic carboxylic acids is 1. The number of unbranched alkanes of at least 4 members (excludes halogenated alkanes) is 23. The maximum Gasteiger partial charge on any atom is 0.306 e. The van der Waals surface area contributed by atoms with Gasteiger partial charge in [0.05, 0.1) is 20.6 Å². The lowest BCUT2D eigenvalue weighted by molar-refractivity contribution is -0.893. The molecule has 256 valence electrons. The van der Waals surface area contributed by atoms with Crippen molar-refractivity contribution in [2.45, 2.75) is 206 Å². The third kappa shape index (κ3) is 32.1. The molecule has 5 nitrogen and oxygen atoms in total. The Balaban J connectivity index is 4.20. The van der Waals surface area contributed by atoms with E-state index >= 15 is 0 Å². The lowest BCUT2D eigenvalue weighted by Gasteiger charge is -2.33. The molecule has 1 atom stereocenters. The Morgan fingerprint density at radius 3 is 1.30 bits per heavy atom. The van der Waals surface area contributed by atoms with E-state index in [0.29, 0.717) is 17.3 Å². The minimum absolute atomic E-state index is 0.0539. The number of hydrogen-bond donors (Lipinski definition) is 0. The van der Waals surface area contributed by atoms with Crippen LogP contribution in [0.3, 0.4) is 0 Å². The predicted octanol–water partition coefficient (Wildman–Crippen LogP) is 10.1. The number of carbonyl (C=O) groups is 2. The normalized spacial score (nSPS) is 12.5. The van der Waals surface area contributed by atoms with Gasteiger partial charge in [0.15, 0.2) is 6.10 Å². The molecule has 43 heavy (non-hydrogen) atoms. The summed E-state index contributed by atoms with van der Waals surface area (Å²) in [7, 11) is 4.23. The zero-order chi connectivity index (χ0) is 31.9. The van der Waals surface area contributed by atoms with E-state index in [1.807, 2.05) is 0 Å². The van der Waals surface area contributed by atoms with Gasteiger partial charge >= 0.3 is 5.97 Å². The Morgan fingerprint density at radius 2 is 0.907 bits per heavy atom. The van der Waals surface area contributed by atoms with Crippen molar-refractivity contribution in [2.24, 2.45) is 0 Å². The average Bonchev–Trinajstić information content (AvgIpc) is 2.95. The molecule has 0 saturated heterocycles. The lowest BCUT2D eigenvalue weighted by atomic mass is 10.0. The predicted molar refractivity (Wildman–Crippen MR) is 182 cm³/mol. The van der Waals surface area contributed by atoms with Gasteiger partial charge in [-0.15, -0.1) is 0 Å². The highest BCUT2D eigenvalue weighted by molar-refractivity contribution is 5.69. The Morgan fingerprint density at radius 1 is 0.535 bits per heavy atom. The van der Waals surface area contributed by atoms with Crippen LogP contribution < -0.4 is 5.11 Å². The first-order valence-corrected chi connectivity index (χ1v) is 19.0. The van der Waals surface area contributed by atoms with Crippen molar-refractivity contribution in [3.05, 3.63) is 0 Å². The van der Waals surface area contributed by atoms with Crippen LogP contribution in [0.5, 0.6) is 0 Å². The number of carbonyl (C=O) groups excluding carboxylic acids is 2. The van der Waals surface area contributed by atoms with E-state index < -0.39 is 5.97 Å². The first-order valence-electron chi connectivity index (χ1n) is 19.0. The fraction of sp³-hybridized carbons (Fsp3) is 0.947. The van der Waals surface area contributed by atoms with Gasteiger partial charge in [-0.05, 0) is 25.7 Å². The molecule has 0 amide bonds. The van der Waals surface area contributed by atoms with Gasteiger partial charge in [-0.25, -0.2) is 0 Å². The summed E-state index contributed by atoms with van der Waals surface area (Å²) in [6, 6.07) is 0. The van der Waals surface area contributed by atoms with Gasteiger partial charge in [-0.2, -0.15) is 0 Å². The fourth-order valence-corrected chi connectivity index (χ4v) is 6.23. The second-order valence-electron chi connectivity index (χ2n) is 14.1. The number of esters is 1. The van der Waals surface area contributed by atoms with Crippen LogP contribution >= 0.6 is 0 Å². The maximum absolute atomic E-state index is 12.7. The Bertz CT molecular complexity index is 621. The molecule has 0 bridgehead atoms. The second kappa shape index (κ2) is 30.9. The van der Waals surface area contributed by atoms with Gasteiger partial charge in [-0.1, -0.05) is 162 Å². The number of ether oxygens (including phenoxy) is 1. The summed E-state index contributed by atoms with van der Waals surface area (Å²) in [5.74, 6) is -1.04. The Hall–Kier alpha value is -1.10. The van der Waals surface area contributed by atoms with Crippen LogP contribution in [0.4, 0.5) is 0 Å².